The fourth-order valence-corrected chi connectivity index (χ4v) is 2.60. The molecule has 0 bridgehead atoms. The summed E-state index contributed by atoms with van der Waals surface area (Å²) in [7, 11) is -3.72. The van der Waals surface area contributed by atoms with Crippen LogP contribution in [0.3, 0.4) is 0 Å². The van der Waals surface area contributed by atoms with E-state index >= 15 is 0 Å². The highest BCUT2D eigenvalue weighted by Crippen LogP contribution is 2.16. The monoisotopic (exact) mass is 285 g/mol. The first kappa shape index (κ1) is 13.1. The lowest BCUT2D eigenvalue weighted by Gasteiger charge is -2.05. The van der Waals surface area contributed by atoms with Gasteiger partial charge in [-0.3, -0.25) is 4.68 Å². The Morgan fingerprint density at radius 3 is 2.72 bits per heavy atom. The average Bonchev–Trinajstić information content (AvgIpc) is 2.60. The molecule has 18 heavy (non-hydrogen) atoms. The van der Waals surface area contributed by atoms with Gasteiger partial charge in [0.2, 0.25) is 10.0 Å². The average molecular weight is 286 g/mol. The molecule has 0 saturated carbocycles. The number of sulfonamides is 1. The van der Waals surface area contributed by atoms with Crippen molar-refractivity contribution in [2.24, 2.45) is 5.14 Å². The Labute approximate surface area is 110 Å². The molecule has 1 aromatic carbocycles. The summed E-state index contributed by atoms with van der Waals surface area (Å²) in [6.45, 7) is 2.11. The van der Waals surface area contributed by atoms with Gasteiger partial charge in [-0.2, -0.15) is 5.10 Å². The zero-order valence-electron chi connectivity index (χ0n) is 9.67. The standard InChI is InChI=1S/C11H12ClN3O2S/c1-8-11(18(13,16)17)6-14-15(8)7-9-3-2-4-10(12)5-9/h2-6H,7H2,1H3,(H2,13,16,17). The first-order valence-corrected chi connectivity index (χ1v) is 7.10. The molecule has 0 aliphatic carbocycles. The molecule has 1 aromatic heterocycles. The number of halogens is 1. The molecular formula is C11H12ClN3O2S. The Morgan fingerprint density at radius 1 is 1.44 bits per heavy atom. The first-order valence-electron chi connectivity index (χ1n) is 5.17. The molecule has 0 amide bonds. The van der Waals surface area contributed by atoms with Crippen molar-refractivity contribution in [3.8, 4) is 0 Å². The summed E-state index contributed by atoms with van der Waals surface area (Å²) in [4.78, 5) is 0.0459. The zero-order valence-corrected chi connectivity index (χ0v) is 11.2. The molecule has 0 aliphatic rings. The Balaban J connectivity index is 2.34. The molecule has 0 fully saturated rings. The molecule has 2 aromatic rings. The summed E-state index contributed by atoms with van der Waals surface area (Å²) in [5, 5.41) is 9.74. The Bertz CT molecular complexity index is 679. The van der Waals surface area contributed by atoms with E-state index in [1.807, 2.05) is 12.1 Å². The fraction of sp³-hybridized carbons (Fsp3) is 0.182. The van der Waals surface area contributed by atoms with Crippen LogP contribution in [0.15, 0.2) is 35.4 Å². The Kier molecular flexibility index (Phi) is 3.43. The van der Waals surface area contributed by atoms with Crippen LogP contribution in [0, 0.1) is 6.92 Å². The molecule has 0 spiro atoms. The molecule has 7 heteroatoms. The maximum absolute atomic E-state index is 11.3. The minimum atomic E-state index is -3.72. The third-order valence-corrected chi connectivity index (χ3v) is 3.84. The lowest BCUT2D eigenvalue weighted by molar-refractivity contribution is 0.596. The Morgan fingerprint density at radius 2 is 2.17 bits per heavy atom. The number of primary sulfonamides is 1. The summed E-state index contributed by atoms with van der Waals surface area (Å²) in [6.07, 6.45) is 1.26. The van der Waals surface area contributed by atoms with Crippen LogP contribution in [0.1, 0.15) is 11.3 Å². The number of aromatic nitrogens is 2. The van der Waals surface area contributed by atoms with Crippen LogP contribution < -0.4 is 5.14 Å². The number of hydrogen-bond donors (Lipinski definition) is 1. The summed E-state index contributed by atoms with van der Waals surface area (Å²) >= 11 is 5.88. The molecule has 0 unspecified atom stereocenters. The van der Waals surface area contributed by atoms with Crippen molar-refractivity contribution in [2.75, 3.05) is 0 Å². The molecule has 0 atom stereocenters. The van der Waals surface area contributed by atoms with E-state index in [2.05, 4.69) is 5.10 Å². The van der Waals surface area contributed by atoms with Crippen molar-refractivity contribution < 1.29 is 8.42 Å². The van der Waals surface area contributed by atoms with E-state index in [1.165, 1.54) is 6.20 Å². The van der Waals surface area contributed by atoms with Gasteiger partial charge in [-0.25, -0.2) is 13.6 Å². The van der Waals surface area contributed by atoms with E-state index in [-0.39, 0.29) is 4.90 Å². The van der Waals surface area contributed by atoms with E-state index in [4.69, 9.17) is 16.7 Å². The van der Waals surface area contributed by atoms with Crippen molar-refractivity contribution in [2.45, 2.75) is 18.4 Å². The molecule has 96 valence electrons. The number of nitrogens with zero attached hydrogens (tertiary/aromatic N) is 2. The first-order chi connectivity index (χ1) is 8.38. The summed E-state index contributed by atoms with van der Waals surface area (Å²) in [5.41, 5.74) is 1.45. The third kappa shape index (κ3) is 2.72. The van der Waals surface area contributed by atoms with Crippen LogP contribution in [0.4, 0.5) is 0 Å². The lowest BCUT2D eigenvalue weighted by Crippen LogP contribution is -2.13. The maximum atomic E-state index is 11.3. The molecule has 1 heterocycles. The number of nitrogens with two attached hydrogens (primary N) is 1. The molecule has 0 radical (unpaired) electrons. The van der Waals surface area contributed by atoms with Gasteiger partial charge in [0.25, 0.3) is 0 Å². The molecular weight excluding hydrogens is 274 g/mol. The summed E-state index contributed by atoms with van der Waals surface area (Å²) < 4.78 is 24.1. The minimum Gasteiger partial charge on any atom is -0.264 e. The molecule has 0 saturated heterocycles. The van der Waals surface area contributed by atoms with Crippen LogP contribution in [0.2, 0.25) is 5.02 Å². The highest BCUT2D eigenvalue weighted by Gasteiger charge is 2.16. The quantitative estimate of drug-likeness (QED) is 0.929. The van der Waals surface area contributed by atoms with Crippen LogP contribution in [-0.2, 0) is 16.6 Å². The van der Waals surface area contributed by atoms with Gasteiger partial charge in [0, 0.05) is 5.02 Å². The predicted octanol–water partition coefficient (Wildman–Crippen LogP) is 1.54. The molecule has 2 rings (SSSR count). The van der Waals surface area contributed by atoms with Gasteiger partial charge in [0.1, 0.15) is 4.90 Å². The second-order valence-electron chi connectivity index (χ2n) is 3.93. The van der Waals surface area contributed by atoms with Crippen LogP contribution in [0.25, 0.3) is 0 Å². The van der Waals surface area contributed by atoms with E-state index in [0.29, 0.717) is 17.3 Å². The van der Waals surface area contributed by atoms with Crippen molar-refractivity contribution in [1.29, 1.82) is 0 Å². The molecule has 2 N–H and O–H groups in total. The van der Waals surface area contributed by atoms with Crippen LogP contribution in [-0.4, -0.2) is 18.2 Å². The van der Waals surface area contributed by atoms with Crippen molar-refractivity contribution in [3.63, 3.8) is 0 Å². The SMILES string of the molecule is Cc1c(S(N)(=O)=O)cnn1Cc1cccc(Cl)c1. The van der Waals surface area contributed by atoms with Gasteiger partial charge in [0.05, 0.1) is 18.4 Å². The van der Waals surface area contributed by atoms with Gasteiger partial charge in [0.15, 0.2) is 0 Å². The smallest absolute Gasteiger partial charge is 0.241 e. The number of hydrogen-bond acceptors (Lipinski definition) is 3. The second-order valence-corrected chi connectivity index (χ2v) is 5.89. The van der Waals surface area contributed by atoms with E-state index in [0.717, 1.165) is 5.56 Å². The van der Waals surface area contributed by atoms with Gasteiger partial charge in [-0.05, 0) is 24.6 Å². The summed E-state index contributed by atoms with van der Waals surface area (Å²) in [5.74, 6) is 0. The van der Waals surface area contributed by atoms with Crippen LogP contribution >= 0.6 is 11.6 Å². The van der Waals surface area contributed by atoms with E-state index in [1.54, 1.807) is 23.7 Å². The highest BCUT2D eigenvalue weighted by molar-refractivity contribution is 7.89. The van der Waals surface area contributed by atoms with Crippen LogP contribution in [0.5, 0.6) is 0 Å². The van der Waals surface area contributed by atoms with Gasteiger partial charge < -0.3 is 0 Å². The topological polar surface area (TPSA) is 78.0 Å². The lowest BCUT2D eigenvalue weighted by atomic mass is 10.2. The maximum Gasteiger partial charge on any atom is 0.241 e. The molecule has 0 aliphatic heterocycles. The molecule has 5 nitrogen and oxygen atoms in total. The van der Waals surface area contributed by atoms with Gasteiger partial charge in [-0.15, -0.1) is 0 Å². The van der Waals surface area contributed by atoms with Crippen molar-refractivity contribution in [1.82, 2.24) is 9.78 Å². The third-order valence-electron chi connectivity index (χ3n) is 2.59. The fourth-order valence-electron chi connectivity index (χ4n) is 1.68. The minimum absolute atomic E-state index is 0.0459. The Hall–Kier alpha value is -1.37. The number of rotatable bonds is 3. The van der Waals surface area contributed by atoms with Crippen molar-refractivity contribution in [3.05, 3.63) is 46.7 Å². The second kappa shape index (κ2) is 4.72. The highest BCUT2D eigenvalue weighted by atomic mass is 35.5. The number of benzene rings is 1. The predicted molar refractivity (Wildman–Crippen MR) is 68.9 cm³/mol. The summed E-state index contributed by atoms with van der Waals surface area (Å²) in [6, 6.07) is 7.30. The van der Waals surface area contributed by atoms with Crippen molar-refractivity contribution >= 4 is 21.6 Å². The van der Waals surface area contributed by atoms with Gasteiger partial charge >= 0.3 is 0 Å². The van der Waals surface area contributed by atoms with E-state index < -0.39 is 10.0 Å². The normalized spacial score (nSPS) is 11.7. The zero-order chi connectivity index (χ0) is 13.3. The van der Waals surface area contributed by atoms with Gasteiger partial charge in [-0.1, -0.05) is 23.7 Å². The largest absolute Gasteiger partial charge is 0.264 e. The van der Waals surface area contributed by atoms with E-state index in [9.17, 15) is 8.42 Å².